The average molecular weight is 1030 g/mol. The standard InChI is InChI=1S/C18H20BrNO5.C18H21NO6.CHO3.2Ag/c1-9-10(2)15(16(19)25-14(9)8-24-11(3)21)20-17(22)12-6-4-5-7-13(12)18(20)23;1-9-10(2)15(18(23)25-14(9)8-24-11(3)20)19-16(21)12-6-4-5-7-13(12)17(19)22;2-1-4-3;;/h4-7,9-10,14-16H,8H2,1-3H3;4-7,9-10,14-15,18,23H,8H2,1-3H3;3H;;/q;;-1;;+1/t9-,10?,14?,15-,16-;9-,10?,14?,15-,18?;;;/m00.../s1. The number of fused-ring (bicyclic) bond motifs is 2. The van der Waals surface area contributed by atoms with Crippen molar-refractivity contribution in [1.29, 1.82) is 0 Å². The number of nitrogens with zero attached hydrogens (tertiary/aromatic N) is 2. The topological polar surface area (TPSA) is 213 Å². The van der Waals surface area contributed by atoms with Gasteiger partial charge in [-0.15, -0.1) is 0 Å². The van der Waals surface area contributed by atoms with E-state index in [0.29, 0.717) is 22.3 Å². The van der Waals surface area contributed by atoms with Crippen molar-refractivity contribution in [2.45, 2.75) is 77.1 Å². The first-order valence-electron chi connectivity index (χ1n) is 17.1. The van der Waals surface area contributed by atoms with Gasteiger partial charge < -0.3 is 33.7 Å². The van der Waals surface area contributed by atoms with Gasteiger partial charge in [0, 0.05) is 36.2 Å². The fraction of sp³-hybridized carbons (Fsp3) is 0.486. The summed E-state index contributed by atoms with van der Waals surface area (Å²) < 4.78 is 21.6. The third-order valence-electron chi connectivity index (χ3n) is 10.3. The van der Waals surface area contributed by atoms with Gasteiger partial charge in [-0.25, -0.2) is 5.26 Å². The summed E-state index contributed by atoms with van der Waals surface area (Å²) in [4.78, 5) is 86.6. The number of ether oxygens (including phenoxy) is 4. The number of hydrogen-bond acceptors (Lipinski definition) is 14. The first kappa shape index (κ1) is 49.1. The van der Waals surface area contributed by atoms with Crippen molar-refractivity contribution < 1.29 is 113 Å². The normalized spacial score (nSPS) is 28.8. The summed E-state index contributed by atoms with van der Waals surface area (Å²) in [5.74, 6) is -2.62. The predicted octanol–water partition coefficient (Wildman–Crippen LogP) is 3.35. The molecule has 1 radical (unpaired) electrons. The van der Waals surface area contributed by atoms with Crippen molar-refractivity contribution in [3.63, 3.8) is 0 Å². The van der Waals surface area contributed by atoms with Crippen LogP contribution in [0, 0.1) is 23.7 Å². The zero-order valence-electron chi connectivity index (χ0n) is 31.0. The Kier molecular flexibility index (Phi) is 18.9. The van der Waals surface area contributed by atoms with Gasteiger partial charge in [0.25, 0.3) is 23.6 Å². The molecule has 2 fully saturated rings. The molecule has 4 amide bonds. The van der Waals surface area contributed by atoms with Gasteiger partial charge >= 0.3 is 34.3 Å². The van der Waals surface area contributed by atoms with Crippen LogP contribution >= 0.6 is 15.9 Å². The van der Waals surface area contributed by atoms with Crippen molar-refractivity contribution in [3.8, 4) is 0 Å². The molecule has 4 heterocycles. The van der Waals surface area contributed by atoms with Crippen LogP contribution in [0.25, 0.3) is 0 Å². The zero-order chi connectivity index (χ0) is 40.0. The minimum atomic E-state index is -1.34. The summed E-state index contributed by atoms with van der Waals surface area (Å²) in [6.07, 6.45) is -2.14. The number of benzene rings is 2. The maximum absolute atomic E-state index is 12.8. The molecule has 4 aliphatic rings. The summed E-state index contributed by atoms with van der Waals surface area (Å²) in [6, 6.07) is 12.2. The molecule has 4 aliphatic heterocycles. The number of esters is 2. The Morgan fingerprint density at radius 3 is 1.36 bits per heavy atom. The van der Waals surface area contributed by atoms with Crippen LogP contribution in [0.1, 0.15) is 83.0 Å². The molecule has 0 spiro atoms. The Morgan fingerprint density at radius 1 is 0.696 bits per heavy atom. The van der Waals surface area contributed by atoms with E-state index in [2.05, 4.69) is 20.8 Å². The number of rotatable bonds is 7. The first-order valence-corrected chi connectivity index (χ1v) is 18.0. The Labute approximate surface area is 362 Å². The van der Waals surface area contributed by atoms with E-state index in [0.717, 1.165) is 11.4 Å². The van der Waals surface area contributed by atoms with E-state index >= 15 is 0 Å². The molecular formula is C37H42Ag2BrN2O14. The van der Waals surface area contributed by atoms with E-state index < -0.39 is 47.3 Å². The predicted molar refractivity (Wildman–Crippen MR) is 189 cm³/mol. The number of carbonyl (C=O) groups is 6. The third kappa shape index (κ3) is 10.5. The van der Waals surface area contributed by atoms with Gasteiger partial charge in [-0.05, 0) is 54.4 Å². The Bertz CT molecular complexity index is 1580. The summed E-state index contributed by atoms with van der Waals surface area (Å²) in [7, 11) is 0. The van der Waals surface area contributed by atoms with E-state index in [1.165, 1.54) is 18.7 Å². The van der Waals surface area contributed by atoms with E-state index in [1.54, 1.807) is 48.5 Å². The second kappa shape index (κ2) is 21.6. The van der Waals surface area contributed by atoms with Crippen molar-refractivity contribution >= 4 is 58.0 Å². The van der Waals surface area contributed by atoms with Crippen LogP contribution in [0.3, 0.4) is 0 Å². The number of aliphatic hydroxyl groups excluding tert-OH is 1. The second-order valence-electron chi connectivity index (χ2n) is 13.3. The molecule has 0 bridgehead atoms. The molecule has 19 heteroatoms. The number of alkyl halides is 1. The quantitative estimate of drug-likeness (QED) is 0.0596. The van der Waals surface area contributed by atoms with Crippen molar-refractivity contribution in [2.75, 3.05) is 13.2 Å². The molecule has 5 unspecified atom stereocenters. The van der Waals surface area contributed by atoms with Gasteiger partial charge in [-0.3, -0.25) is 38.6 Å². The molecule has 16 nitrogen and oxygen atoms in total. The number of hydrogen-bond donors (Lipinski definition) is 2. The van der Waals surface area contributed by atoms with Crippen LogP contribution in [0.15, 0.2) is 48.5 Å². The van der Waals surface area contributed by atoms with Gasteiger partial charge in [-0.2, -0.15) is 0 Å². The molecule has 2 N–H and O–H groups in total. The minimum Gasteiger partial charge on any atom is -0.509 e. The SMILES string of the molecule is CC(=O)OCC1OC(O)[C@@H](N2C(=O)c3ccccc3C2=O)C(C)[C@@H]1C.CC(=O)OCC1O[C@H](Br)[C@@H](N2C(=O)c3ccccc3C2=O)C(C)[C@@H]1C.O=[C-]OO.[Ag+].[Ag]. The maximum atomic E-state index is 12.8. The number of amides is 4. The second-order valence-corrected chi connectivity index (χ2v) is 14.2. The smallest absolute Gasteiger partial charge is 0.509 e. The number of aliphatic hydroxyl groups is 1. The fourth-order valence-electron chi connectivity index (χ4n) is 7.01. The minimum absolute atomic E-state index is 0. The van der Waals surface area contributed by atoms with Crippen LogP contribution in [0.4, 0.5) is 0 Å². The molecule has 2 saturated heterocycles. The molecule has 2 aromatic rings. The molecule has 313 valence electrons. The third-order valence-corrected chi connectivity index (χ3v) is 11.0. The van der Waals surface area contributed by atoms with E-state index in [-0.39, 0.29) is 106 Å². The summed E-state index contributed by atoms with van der Waals surface area (Å²) >= 11 is 3.47. The summed E-state index contributed by atoms with van der Waals surface area (Å²) in [6.45, 7) is 11.3. The summed E-state index contributed by atoms with van der Waals surface area (Å²) in [5, 5.41) is 16.9. The molecule has 0 saturated carbocycles. The zero-order valence-corrected chi connectivity index (χ0v) is 35.5. The number of imide groups is 2. The van der Waals surface area contributed by atoms with Gasteiger partial charge in [0.2, 0.25) is 0 Å². The fourth-order valence-corrected chi connectivity index (χ4v) is 8.00. The first-order chi connectivity index (χ1) is 25.6. The van der Waals surface area contributed by atoms with E-state index in [4.69, 9.17) is 29.0 Å². The Morgan fingerprint density at radius 2 is 1.02 bits per heavy atom. The Hall–Kier alpha value is -3.07. The number of halogens is 1. The monoisotopic (exact) mass is 1030 g/mol. The molecule has 10 atom stereocenters. The van der Waals surface area contributed by atoms with Crippen LogP contribution in [-0.4, -0.2) is 111 Å². The van der Waals surface area contributed by atoms with Gasteiger partial charge in [0.15, 0.2) is 6.29 Å². The molecule has 56 heavy (non-hydrogen) atoms. The molecule has 0 aliphatic carbocycles. The largest absolute Gasteiger partial charge is 1.00 e. The van der Waals surface area contributed by atoms with Crippen molar-refractivity contribution in [2.24, 2.45) is 23.7 Å². The maximum Gasteiger partial charge on any atom is 1.00 e. The van der Waals surface area contributed by atoms with Crippen LogP contribution < -0.4 is 0 Å². The summed E-state index contributed by atoms with van der Waals surface area (Å²) in [5.41, 5.74) is 1.52. The van der Waals surface area contributed by atoms with Crippen LogP contribution in [0.2, 0.25) is 0 Å². The molecule has 0 aromatic heterocycles. The molecule has 6 rings (SSSR count). The van der Waals surface area contributed by atoms with Gasteiger partial charge in [0.05, 0.1) is 46.5 Å². The van der Waals surface area contributed by atoms with E-state index in [1.807, 2.05) is 27.7 Å². The van der Waals surface area contributed by atoms with E-state index in [9.17, 15) is 33.9 Å². The van der Waals surface area contributed by atoms with Crippen LogP contribution in [0.5, 0.6) is 0 Å². The molecular weight excluding hydrogens is 992 g/mol. The molecule has 2 aromatic carbocycles. The van der Waals surface area contributed by atoms with Crippen molar-refractivity contribution in [1.82, 2.24) is 9.80 Å². The Balaban J connectivity index is 0.000000342. The van der Waals surface area contributed by atoms with Gasteiger partial charge in [-0.1, -0.05) is 67.9 Å². The van der Waals surface area contributed by atoms with Crippen molar-refractivity contribution in [3.05, 3.63) is 70.8 Å². The van der Waals surface area contributed by atoms with Gasteiger partial charge in [0.1, 0.15) is 18.2 Å². The average Bonchev–Trinajstić information content (AvgIpc) is 3.54. The number of carbonyl (C=O) groups excluding carboxylic acids is 7. The van der Waals surface area contributed by atoms with Crippen LogP contribution in [-0.2, 0) is 83.0 Å².